The topological polar surface area (TPSA) is 64.1 Å². The van der Waals surface area contributed by atoms with E-state index >= 15 is 0 Å². The fourth-order valence-electron chi connectivity index (χ4n) is 3.04. The molecule has 4 aromatic rings. The molecule has 0 amide bonds. The van der Waals surface area contributed by atoms with E-state index in [-0.39, 0.29) is 18.4 Å². The molecule has 0 saturated heterocycles. The van der Waals surface area contributed by atoms with Gasteiger partial charge in [0.25, 0.3) is 0 Å². The third-order valence-corrected chi connectivity index (χ3v) is 5.31. The van der Waals surface area contributed by atoms with Crippen LogP contribution >= 0.6 is 23.7 Å². The molecular weight excluding hydrogens is 394 g/mol. The number of nitrogens with zero attached hydrogens (tertiary/aromatic N) is 2. The summed E-state index contributed by atoms with van der Waals surface area (Å²) in [6.45, 7) is 2.10. The quantitative estimate of drug-likeness (QED) is 0.441. The summed E-state index contributed by atoms with van der Waals surface area (Å²) in [4.78, 5) is 22.6. The second-order valence-corrected chi connectivity index (χ2v) is 7.20. The molecule has 2 aromatic heterocycles. The van der Waals surface area contributed by atoms with Crippen LogP contribution in [0.3, 0.4) is 0 Å². The summed E-state index contributed by atoms with van der Waals surface area (Å²) in [5, 5.41) is 4.36. The zero-order chi connectivity index (χ0) is 18.8. The predicted octanol–water partition coefficient (Wildman–Crippen LogP) is 5.62. The van der Waals surface area contributed by atoms with Crippen molar-refractivity contribution in [3.05, 3.63) is 71.4 Å². The van der Waals surface area contributed by atoms with Crippen molar-refractivity contribution in [3.8, 4) is 11.1 Å². The lowest BCUT2D eigenvalue weighted by Crippen LogP contribution is -2.01. The normalized spacial score (nSPS) is 10.4. The van der Waals surface area contributed by atoms with Gasteiger partial charge in [-0.25, -0.2) is 14.8 Å². The van der Waals surface area contributed by atoms with E-state index in [0.717, 1.165) is 32.8 Å². The van der Waals surface area contributed by atoms with Gasteiger partial charge in [-0.1, -0.05) is 30.3 Å². The highest BCUT2D eigenvalue weighted by Crippen LogP contribution is 2.40. The van der Waals surface area contributed by atoms with Gasteiger partial charge >= 0.3 is 5.97 Å². The molecule has 0 aliphatic heterocycles. The zero-order valence-electron chi connectivity index (χ0n) is 15.3. The number of benzene rings is 2. The molecule has 0 aliphatic rings. The molecule has 0 saturated carbocycles. The van der Waals surface area contributed by atoms with Crippen LogP contribution < -0.4 is 5.32 Å². The monoisotopic (exact) mass is 411 g/mol. The Hall–Kier alpha value is -2.96. The van der Waals surface area contributed by atoms with E-state index in [1.165, 1.54) is 12.0 Å². The number of esters is 1. The van der Waals surface area contributed by atoms with E-state index in [4.69, 9.17) is 4.74 Å². The van der Waals surface area contributed by atoms with Gasteiger partial charge in [-0.05, 0) is 36.8 Å². The summed E-state index contributed by atoms with van der Waals surface area (Å²) in [7, 11) is 1.37. The standard InChI is InChI=1S/C21H17N3O2S.ClH/c1-13-17(14-6-4-3-5-7-14)18-19(22-12-23-20(18)27-13)24-16-10-8-15(9-11-16)21(25)26-2;/h3-12H,1-2H3,(H,22,23,24);1H. The summed E-state index contributed by atoms with van der Waals surface area (Å²) in [6.07, 6.45) is 1.57. The number of carbonyl (C=O) groups excluding carboxylic acids is 1. The molecule has 1 N–H and O–H groups in total. The largest absolute Gasteiger partial charge is 0.465 e. The molecule has 5 nitrogen and oxygen atoms in total. The van der Waals surface area contributed by atoms with Crippen LogP contribution in [0.1, 0.15) is 15.2 Å². The third kappa shape index (κ3) is 3.69. The number of fused-ring (bicyclic) bond motifs is 1. The van der Waals surface area contributed by atoms with Crippen molar-refractivity contribution in [2.24, 2.45) is 0 Å². The first-order chi connectivity index (χ1) is 13.2. The van der Waals surface area contributed by atoms with Crippen molar-refractivity contribution in [1.29, 1.82) is 0 Å². The van der Waals surface area contributed by atoms with Crippen molar-refractivity contribution in [3.63, 3.8) is 0 Å². The molecule has 4 rings (SSSR count). The Balaban J connectivity index is 0.00000225. The number of hydrogen-bond acceptors (Lipinski definition) is 6. The Morgan fingerprint density at radius 1 is 1.04 bits per heavy atom. The number of halogens is 1. The van der Waals surface area contributed by atoms with Gasteiger partial charge in [-0.15, -0.1) is 23.7 Å². The third-order valence-electron chi connectivity index (χ3n) is 4.30. The molecule has 0 radical (unpaired) electrons. The van der Waals surface area contributed by atoms with Crippen molar-refractivity contribution < 1.29 is 9.53 Å². The molecular formula is C21H18ClN3O2S. The maximum absolute atomic E-state index is 11.6. The number of rotatable bonds is 4. The summed E-state index contributed by atoms with van der Waals surface area (Å²) in [5.74, 6) is 0.389. The summed E-state index contributed by atoms with van der Waals surface area (Å²) < 4.78 is 4.74. The second-order valence-electron chi connectivity index (χ2n) is 6.00. The highest BCUT2D eigenvalue weighted by atomic mass is 35.5. The first-order valence-corrected chi connectivity index (χ1v) is 9.24. The number of thiophene rings is 1. The number of anilines is 2. The number of aromatic nitrogens is 2. The fourth-order valence-corrected chi connectivity index (χ4v) is 4.05. The van der Waals surface area contributed by atoms with Gasteiger partial charge in [0.05, 0.1) is 18.1 Å². The number of methoxy groups -OCH3 is 1. The SMILES string of the molecule is COC(=O)c1ccc(Nc2ncnc3sc(C)c(-c4ccccc4)c23)cc1.Cl. The molecule has 0 fully saturated rings. The second kappa shape index (κ2) is 8.37. The van der Waals surface area contributed by atoms with E-state index in [2.05, 4.69) is 34.3 Å². The minimum atomic E-state index is -0.356. The average molecular weight is 412 g/mol. The number of nitrogens with one attached hydrogen (secondary N) is 1. The Morgan fingerprint density at radius 3 is 2.43 bits per heavy atom. The zero-order valence-corrected chi connectivity index (χ0v) is 16.9. The Morgan fingerprint density at radius 2 is 1.75 bits per heavy atom. The summed E-state index contributed by atoms with van der Waals surface area (Å²) in [5.41, 5.74) is 3.63. The number of aryl methyl sites for hydroxylation is 1. The van der Waals surface area contributed by atoms with Gasteiger partial charge in [0, 0.05) is 16.1 Å². The molecule has 0 unspecified atom stereocenters. The maximum Gasteiger partial charge on any atom is 0.337 e. The Kier molecular flexibility index (Phi) is 5.92. The molecule has 0 bridgehead atoms. The van der Waals surface area contributed by atoms with Gasteiger partial charge < -0.3 is 10.1 Å². The van der Waals surface area contributed by atoms with Gasteiger partial charge in [0.2, 0.25) is 0 Å². The van der Waals surface area contributed by atoms with Gasteiger partial charge in [0.1, 0.15) is 17.0 Å². The highest BCUT2D eigenvalue weighted by Gasteiger charge is 2.16. The van der Waals surface area contributed by atoms with Gasteiger partial charge in [-0.2, -0.15) is 0 Å². The molecule has 0 aliphatic carbocycles. The van der Waals surface area contributed by atoms with Crippen LogP contribution in [0.25, 0.3) is 21.3 Å². The molecule has 2 heterocycles. The lowest BCUT2D eigenvalue weighted by molar-refractivity contribution is 0.0601. The number of carbonyl (C=O) groups is 1. The minimum absolute atomic E-state index is 0. The first-order valence-electron chi connectivity index (χ1n) is 8.42. The van der Waals surface area contributed by atoms with Crippen LogP contribution in [-0.2, 0) is 4.74 Å². The predicted molar refractivity (Wildman–Crippen MR) is 116 cm³/mol. The van der Waals surface area contributed by atoms with Crippen molar-refractivity contribution in [1.82, 2.24) is 9.97 Å². The van der Waals surface area contributed by atoms with Crippen LogP contribution in [-0.4, -0.2) is 23.0 Å². The summed E-state index contributed by atoms with van der Waals surface area (Å²) >= 11 is 1.66. The Bertz CT molecular complexity index is 1110. The van der Waals surface area contributed by atoms with E-state index in [9.17, 15) is 4.79 Å². The van der Waals surface area contributed by atoms with Crippen molar-refractivity contribution >= 4 is 51.4 Å². The van der Waals surface area contributed by atoms with Crippen LogP contribution in [0, 0.1) is 6.92 Å². The lowest BCUT2D eigenvalue weighted by atomic mass is 10.0. The summed E-state index contributed by atoms with van der Waals surface area (Å²) in [6, 6.07) is 17.4. The van der Waals surface area contributed by atoms with E-state index in [1.807, 2.05) is 30.3 Å². The van der Waals surface area contributed by atoms with E-state index in [0.29, 0.717) is 5.56 Å². The lowest BCUT2D eigenvalue weighted by Gasteiger charge is -2.09. The average Bonchev–Trinajstić information content (AvgIpc) is 3.05. The van der Waals surface area contributed by atoms with E-state index < -0.39 is 0 Å². The Labute approximate surface area is 172 Å². The molecule has 28 heavy (non-hydrogen) atoms. The number of ether oxygens (including phenoxy) is 1. The van der Waals surface area contributed by atoms with Crippen LogP contribution in [0.2, 0.25) is 0 Å². The fraction of sp³-hybridized carbons (Fsp3) is 0.0952. The van der Waals surface area contributed by atoms with Gasteiger partial charge in [0.15, 0.2) is 0 Å². The number of hydrogen-bond donors (Lipinski definition) is 1. The van der Waals surface area contributed by atoms with Crippen LogP contribution in [0.15, 0.2) is 60.9 Å². The van der Waals surface area contributed by atoms with Crippen molar-refractivity contribution in [2.45, 2.75) is 6.92 Å². The molecule has 0 atom stereocenters. The smallest absolute Gasteiger partial charge is 0.337 e. The van der Waals surface area contributed by atoms with Gasteiger partial charge in [-0.3, -0.25) is 0 Å². The molecule has 142 valence electrons. The van der Waals surface area contributed by atoms with Crippen molar-refractivity contribution in [2.75, 3.05) is 12.4 Å². The maximum atomic E-state index is 11.6. The minimum Gasteiger partial charge on any atom is -0.465 e. The molecule has 7 heteroatoms. The molecule has 2 aromatic carbocycles. The van der Waals surface area contributed by atoms with Crippen LogP contribution in [0.4, 0.5) is 11.5 Å². The highest BCUT2D eigenvalue weighted by molar-refractivity contribution is 7.19. The van der Waals surface area contributed by atoms with Crippen LogP contribution in [0.5, 0.6) is 0 Å². The van der Waals surface area contributed by atoms with E-state index in [1.54, 1.807) is 29.8 Å². The molecule has 0 spiro atoms. The first kappa shape index (κ1) is 19.8.